The summed E-state index contributed by atoms with van der Waals surface area (Å²) >= 11 is 1.46. The molecule has 1 aromatic heterocycles. The number of rotatable bonds is 1. The topological polar surface area (TPSA) is 59.1 Å². The Morgan fingerprint density at radius 2 is 2.36 bits per heavy atom. The van der Waals surface area contributed by atoms with Crippen LogP contribution >= 0.6 is 11.3 Å². The lowest BCUT2D eigenvalue weighted by atomic mass is 10.1. The van der Waals surface area contributed by atoms with E-state index in [1.165, 1.54) is 11.3 Å². The molecule has 1 saturated heterocycles. The molecule has 0 saturated carbocycles. The van der Waals surface area contributed by atoms with Gasteiger partial charge in [0.15, 0.2) is 0 Å². The molecule has 0 bridgehead atoms. The van der Waals surface area contributed by atoms with Crippen LogP contribution in [-0.4, -0.2) is 16.8 Å². The summed E-state index contributed by atoms with van der Waals surface area (Å²) in [5.74, 6) is -0.524. The Labute approximate surface area is 84.7 Å². The molecule has 0 radical (unpaired) electrons. The Morgan fingerprint density at radius 1 is 1.57 bits per heavy atom. The molecular formula is C9H8N2O2S. The third-order valence-corrected chi connectivity index (χ3v) is 2.96. The summed E-state index contributed by atoms with van der Waals surface area (Å²) in [7, 11) is 0. The number of carbonyl (C=O) groups is 2. The minimum Gasteiger partial charge on any atom is -0.292 e. The third-order valence-electron chi connectivity index (χ3n) is 2.07. The van der Waals surface area contributed by atoms with Gasteiger partial charge in [-0.15, -0.1) is 11.3 Å². The Hall–Kier alpha value is -1.49. The standard InChI is InChI=1S/C9H8N2O2S/c1-5(9-10-2-3-14-9)6-4-7(12)11-8(6)13/h2-3H,4H2,1H3,(H,11,12,13). The van der Waals surface area contributed by atoms with E-state index in [1.54, 1.807) is 6.20 Å². The van der Waals surface area contributed by atoms with Crippen LogP contribution in [0.1, 0.15) is 18.4 Å². The van der Waals surface area contributed by atoms with E-state index in [0.717, 1.165) is 10.6 Å². The van der Waals surface area contributed by atoms with Gasteiger partial charge in [-0.25, -0.2) is 4.98 Å². The van der Waals surface area contributed by atoms with Crippen LogP contribution in [0.3, 0.4) is 0 Å². The second-order valence-corrected chi connectivity index (χ2v) is 3.89. The lowest BCUT2D eigenvalue weighted by molar-refractivity contribution is -0.124. The molecule has 2 heterocycles. The van der Waals surface area contributed by atoms with Crippen LogP contribution < -0.4 is 5.32 Å². The van der Waals surface area contributed by atoms with Crippen LogP contribution in [0, 0.1) is 0 Å². The predicted molar refractivity (Wildman–Crippen MR) is 52.5 cm³/mol. The van der Waals surface area contributed by atoms with E-state index >= 15 is 0 Å². The number of aromatic nitrogens is 1. The van der Waals surface area contributed by atoms with Gasteiger partial charge in [0.05, 0.1) is 6.42 Å². The van der Waals surface area contributed by atoms with Gasteiger partial charge in [-0.1, -0.05) is 0 Å². The van der Waals surface area contributed by atoms with Crippen molar-refractivity contribution in [2.24, 2.45) is 0 Å². The first kappa shape index (κ1) is 9.08. The van der Waals surface area contributed by atoms with E-state index in [1.807, 2.05) is 12.3 Å². The van der Waals surface area contributed by atoms with Crippen molar-refractivity contribution in [1.82, 2.24) is 10.3 Å². The maximum absolute atomic E-state index is 11.3. The van der Waals surface area contributed by atoms with Crippen molar-refractivity contribution in [2.45, 2.75) is 13.3 Å². The molecule has 1 aliphatic heterocycles. The molecule has 1 aromatic rings. The predicted octanol–water partition coefficient (Wildman–Crippen LogP) is 0.963. The van der Waals surface area contributed by atoms with Gasteiger partial charge in [0.2, 0.25) is 5.91 Å². The van der Waals surface area contributed by atoms with Gasteiger partial charge in [-0.2, -0.15) is 0 Å². The summed E-state index contributed by atoms with van der Waals surface area (Å²) in [4.78, 5) is 26.4. The Kier molecular flexibility index (Phi) is 2.17. The van der Waals surface area contributed by atoms with E-state index in [0.29, 0.717) is 5.57 Å². The fourth-order valence-corrected chi connectivity index (χ4v) is 2.00. The van der Waals surface area contributed by atoms with Crippen molar-refractivity contribution >= 4 is 28.7 Å². The molecular weight excluding hydrogens is 200 g/mol. The average molecular weight is 208 g/mol. The molecule has 1 N–H and O–H groups in total. The summed E-state index contributed by atoms with van der Waals surface area (Å²) in [6, 6.07) is 0. The number of nitrogens with zero attached hydrogens (tertiary/aromatic N) is 1. The number of hydrogen-bond acceptors (Lipinski definition) is 4. The zero-order valence-electron chi connectivity index (χ0n) is 7.53. The monoisotopic (exact) mass is 208 g/mol. The van der Waals surface area contributed by atoms with E-state index in [4.69, 9.17) is 0 Å². The van der Waals surface area contributed by atoms with Crippen LogP contribution in [-0.2, 0) is 9.59 Å². The quantitative estimate of drug-likeness (QED) is 0.552. The van der Waals surface area contributed by atoms with Crippen molar-refractivity contribution in [3.05, 3.63) is 22.2 Å². The van der Waals surface area contributed by atoms with Crippen LogP contribution in [0.15, 0.2) is 17.2 Å². The highest BCUT2D eigenvalue weighted by Gasteiger charge is 2.26. The van der Waals surface area contributed by atoms with Gasteiger partial charge in [0.1, 0.15) is 5.01 Å². The molecule has 14 heavy (non-hydrogen) atoms. The first-order valence-corrected chi connectivity index (χ1v) is 5.00. The maximum atomic E-state index is 11.3. The molecule has 5 heteroatoms. The molecule has 0 aromatic carbocycles. The van der Waals surface area contributed by atoms with Crippen LogP contribution in [0.4, 0.5) is 0 Å². The molecule has 1 aliphatic rings. The fourth-order valence-electron chi connectivity index (χ4n) is 1.33. The maximum Gasteiger partial charge on any atom is 0.254 e. The summed E-state index contributed by atoms with van der Waals surface area (Å²) in [5.41, 5.74) is 1.33. The first-order chi connectivity index (χ1) is 6.68. The Balaban J connectivity index is 2.41. The van der Waals surface area contributed by atoms with Crippen molar-refractivity contribution in [2.75, 3.05) is 0 Å². The molecule has 0 spiro atoms. The van der Waals surface area contributed by atoms with Crippen molar-refractivity contribution in [1.29, 1.82) is 0 Å². The Morgan fingerprint density at radius 3 is 2.86 bits per heavy atom. The molecule has 4 nitrogen and oxygen atoms in total. The molecule has 2 amide bonds. The number of allylic oxidation sites excluding steroid dienone is 1. The number of hydrogen-bond donors (Lipinski definition) is 1. The second kappa shape index (κ2) is 3.34. The molecule has 0 unspecified atom stereocenters. The molecule has 72 valence electrons. The number of amides is 2. The number of nitrogens with one attached hydrogen (secondary N) is 1. The van der Waals surface area contributed by atoms with E-state index < -0.39 is 0 Å². The van der Waals surface area contributed by atoms with Crippen molar-refractivity contribution < 1.29 is 9.59 Å². The summed E-state index contributed by atoms with van der Waals surface area (Å²) in [6.07, 6.45) is 1.85. The van der Waals surface area contributed by atoms with Gasteiger partial charge < -0.3 is 0 Å². The van der Waals surface area contributed by atoms with E-state index in [2.05, 4.69) is 10.3 Å². The number of carbonyl (C=O) groups excluding carboxylic acids is 2. The minimum atomic E-state index is -0.289. The highest BCUT2D eigenvalue weighted by atomic mass is 32.1. The average Bonchev–Trinajstić information content (AvgIpc) is 2.73. The van der Waals surface area contributed by atoms with Crippen molar-refractivity contribution in [3.63, 3.8) is 0 Å². The molecule has 2 rings (SSSR count). The Bertz CT molecular complexity index is 420. The number of thiazole rings is 1. The highest BCUT2D eigenvalue weighted by Crippen LogP contribution is 2.24. The zero-order chi connectivity index (χ0) is 10.1. The second-order valence-electron chi connectivity index (χ2n) is 2.99. The van der Waals surface area contributed by atoms with Gasteiger partial charge in [-0.3, -0.25) is 14.9 Å². The largest absolute Gasteiger partial charge is 0.292 e. The lowest BCUT2D eigenvalue weighted by Crippen LogP contribution is -2.19. The normalized spacial score (nSPS) is 19.8. The number of imide groups is 1. The summed E-state index contributed by atoms with van der Waals surface area (Å²) < 4.78 is 0. The fraction of sp³-hybridized carbons (Fsp3) is 0.222. The van der Waals surface area contributed by atoms with Crippen LogP contribution in [0.25, 0.3) is 5.57 Å². The van der Waals surface area contributed by atoms with Crippen LogP contribution in [0.2, 0.25) is 0 Å². The molecule has 0 aliphatic carbocycles. The summed E-state index contributed by atoms with van der Waals surface area (Å²) in [6.45, 7) is 1.81. The van der Waals surface area contributed by atoms with E-state index in [-0.39, 0.29) is 18.2 Å². The highest BCUT2D eigenvalue weighted by molar-refractivity contribution is 7.10. The molecule has 0 atom stereocenters. The van der Waals surface area contributed by atoms with Gasteiger partial charge >= 0.3 is 0 Å². The smallest absolute Gasteiger partial charge is 0.254 e. The van der Waals surface area contributed by atoms with Gasteiger partial charge in [0, 0.05) is 17.2 Å². The third kappa shape index (κ3) is 1.46. The van der Waals surface area contributed by atoms with Crippen LogP contribution in [0.5, 0.6) is 0 Å². The minimum absolute atomic E-state index is 0.171. The SMILES string of the molecule is CC(=C1CC(=O)NC1=O)c1nccs1. The molecule has 1 fully saturated rings. The lowest BCUT2D eigenvalue weighted by Gasteiger charge is -1.98. The summed E-state index contributed by atoms with van der Waals surface area (Å²) in [5, 5.41) is 4.89. The first-order valence-electron chi connectivity index (χ1n) is 4.12. The zero-order valence-corrected chi connectivity index (χ0v) is 8.35. The van der Waals surface area contributed by atoms with Gasteiger partial charge in [0.25, 0.3) is 5.91 Å². The van der Waals surface area contributed by atoms with Crippen molar-refractivity contribution in [3.8, 4) is 0 Å². The van der Waals surface area contributed by atoms with E-state index in [9.17, 15) is 9.59 Å². The van der Waals surface area contributed by atoms with Gasteiger partial charge in [-0.05, 0) is 12.5 Å².